The third-order valence-corrected chi connectivity index (χ3v) is 6.76. The van der Waals surface area contributed by atoms with E-state index in [-0.39, 0.29) is 42.8 Å². The van der Waals surface area contributed by atoms with Crippen molar-refractivity contribution in [2.75, 3.05) is 26.2 Å². The van der Waals surface area contributed by atoms with Crippen LogP contribution in [0.15, 0.2) is 24.4 Å². The zero-order chi connectivity index (χ0) is 26.2. The molecule has 0 unspecified atom stereocenters. The second-order valence-corrected chi connectivity index (χ2v) is 9.96. The number of fused-ring (bicyclic) bond motifs is 1. The van der Waals surface area contributed by atoms with Crippen LogP contribution in [0.1, 0.15) is 54.7 Å². The van der Waals surface area contributed by atoms with Crippen LogP contribution < -0.4 is 15.4 Å². The molecule has 0 saturated carbocycles. The molecule has 2 heterocycles. The molecule has 0 spiro atoms. The minimum atomic E-state index is -0.302. The largest absolute Gasteiger partial charge is 0.491 e. The summed E-state index contributed by atoms with van der Waals surface area (Å²) in [6, 6.07) is 4.61. The molecule has 1 aromatic carbocycles. The maximum absolute atomic E-state index is 13.1. The molecule has 36 heavy (non-hydrogen) atoms. The van der Waals surface area contributed by atoms with Crippen LogP contribution in [0.4, 0.5) is 0 Å². The Morgan fingerprint density at radius 3 is 2.75 bits per heavy atom. The second kappa shape index (κ2) is 12.8. The van der Waals surface area contributed by atoms with Crippen LogP contribution in [0.3, 0.4) is 0 Å². The summed E-state index contributed by atoms with van der Waals surface area (Å²) >= 11 is 6.12. The standard InChI is InChI=1S/C26H36ClN5O4/c1-17(2)22-16-36-23-9-8-20(27)13-21(23)26(35)28-11-5-6-12-32(15-24(33)30-22)25(34)10-7-19-14-29-31(4)18(19)3/h8-9,13-14,17,22H,5-7,10-12,15-16H2,1-4H3,(H,28,35)(H,30,33)/t22-/m1/s1. The molecule has 0 fully saturated rings. The molecule has 196 valence electrons. The summed E-state index contributed by atoms with van der Waals surface area (Å²) in [7, 11) is 1.87. The Hall–Kier alpha value is -3.07. The number of nitrogens with zero attached hydrogens (tertiary/aromatic N) is 3. The van der Waals surface area contributed by atoms with Crippen LogP contribution >= 0.6 is 11.6 Å². The van der Waals surface area contributed by atoms with Crippen LogP contribution in [-0.2, 0) is 23.1 Å². The third kappa shape index (κ3) is 7.46. The third-order valence-electron chi connectivity index (χ3n) is 6.53. The second-order valence-electron chi connectivity index (χ2n) is 9.53. The van der Waals surface area contributed by atoms with E-state index in [4.69, 9.17) is 16.3 Å². The molecule has 0 saturated heterocycles. The van der Waals surface area contributed by atoms with Crippen molar-refractivity contribution in [3.8, 4) is 5.75 Å². The normalized spacial score (nSPS) is 17.9. The summed E-state index contributed by atoms with van der Waals surface area (Å²) < 4.78 is 7.75. The number of rotatable bonds is 4. The van der Waals surface area contributed by atoms with E-state index in [0.717, 1.165) is 11.3 Å². The fourth-order valence-corrected chi connectivity index (χ4v) is 4.19. The van der Waals surface area contributed by atoms with Crippen molar-refractivity contribution in [3.63, 3.8) is 0 Å². The molecule has 2 N–H and O–H groups in total. The molecule has 3 rings (SSSR count). The molecule has 0 radical (unpaired) electrons. The lowest BCUT2D eigenvalue weighted by Crippen LogP contribution is -2.48. The number of ether oxygens (including phenoxy) is 1. The van der Waals surface area contributed by atoms with E-state index in [1.54, 1.807) is 34.0 Å². The Morgan fingerprint density at radius 1 is 1.28 bits per heavy atom. The maximum atomic E-state index is 13.1. The van der Waals surface area contributed by atoms with Gasteiger partial charge in [0.05, 0.1) is 24.3 Å². The molecule has 1 aliphatic rings. The first kappa shape index (κ1) is 27.5. The van der Waals surface area contributed by atoms with Crippen LogP contribution in [0.2, 0.25) is 5.02 Å². The van der Waals surface area contributed by atoms with Crippen LogP contribution in [0.5, 0.6) is 5.75 Å². The fraction of sp³-hybridized carbons (Fsp3) is 0.538. The predicted octanol–water partition coefficient (Wildman–Crippen LogP) is 2.89. The molecular weight excluding hydrogens is 482 g/mol. The first-order valence-electron chi connectivity index (χ1n) is 12.4. The van der Waals surface area contributed by atoms with Gasteiger partial charge in [-0.15, -0.1) is 0 Å². The number of carbonyl (C=O) groups is 3. The van der Waals surface area contributed by atoms with Gasteiger partial charge in [-0.05, 0) is 55.9 Å². The molecule has 9 nitrogen and oxygen atoms in total. The van der Waals surface area contributed by atoms with E-state index in [2.05, 4.69) is 15.7 Å². The summed E-state index contributed by atoms with van der Waals surface area (Å²) in [5, 5.41) is 10.6. The summed E-state index contributed by atoms with van der Waals surface area (Å²) in [5.74, 6) is -0.0990. The summed E-state index contributed by atoms with van der Waals surface area (Å²) in [6.07, 6.45) is 3.95. The molecule has 1 atom stereocenters. The SMILES string of the molecule is Cc1c(CCC(=O)N2CCCCNC(=O)c3cc(Cl)ccc3OC[C@H](C(C)C)NC(=O)C2)cnn1C. The lowest BCUT2D eigenvalue weighted by molar-refractivity contribution is -0.136. The molecule has 2 aromatic rings. The Labute approximate surface area is 217 Å². The Balaban J connectivity index is 1.73. The monoisotopic (exact) mass is 517 g/mol. The number of amides is 3. The molecular formula is C26H36ClN5O4. The number of benzene rings is 1. The van der Waals surface area contributed by atoms with E-state index >= 15 is 0 Å². The molecule has 0 bridgehead atoms. The van der Waals surface area contributed by atoms with Gasteiger partial charge in [0.15, 0.2) is 0 Å². The number of hydrogen-bond acceptors (Lipinski definition) is 5. The van der Waals surface area contributed by atoms with Crippen molar-refractivity contribution in [1.29, 1.82) is 0 Å². The van der Waals surface area contributed by atoms with Crippen molar-refractivity contribution in [2.45, 2.75) is 52.5 Å². The van der Waals surface area contributed by atoms with E-state index in [1.165, 1.54) is 0 Å². The highest BCUT2D eigenvalue weighted by Gasteiger charge is 2.23. The molecule has 3 amide bonds. The van der Waals surface area contributed by atoms with Gasteiger partial charge in [-0.1, -0.05) is 25.4 Å². The van der Waals surface area contributed by atoms with Gasteiger partial charge in [0.2, 0.25) is 11.8 Å². The van der Waals surface area contributed by atoms with Crippen LogP contribution in [0, 0.1) is 12.8 Å². The summed E-state index contributed by atoms with van der Waals surface area (Å²) in [6.45, 7) is 6.96. The highest BCUT2D eigenvalue weighted by atomic mass is 35.5. The Bertz CT molecular complexity index is 1080. The highest BCUT2D eigenvalue weighted by Crippen LogP contribution is 2.24. The zero-order valence-corrected chi connectivity index (χ0v) is 22.2. The van der Waals surface area contributed by atoms with Crippen LogP contribution in [0.25, 0.3) is 0 Å². The number of aryl methyl sites for hydroxylation is 2. The van der Waals surface area contributed by atoms with Gasteiger partial charge in [0.1, 0.15) is 12.4 Å². The summed E-state index contributed by atoms with van der Waals surface area (Å²) in [4.78, 5) is 40.5. The Kier molecular flexibility index (Phi) is 9.75. The average molecular weight is 518 g/mol. The topological polar surface area (TPSA) is 106 Å². The van der Waals surface area contributed by atoms with E-state index in [9.17, 15) is 14.4 Å². The minimum absolute atomic E-state index is 0.0212. The lowest BCUT2D eigenvalue weighted by Gasteiger charge is -2.26. The zero-order valence-electron chi connectivity index (χ0n) is 21.5. The summed E-state index contributed by atoms with van der Waals surface area (Å²) in [5.41, 5.74) is 2.40. The van der Waals surface area contributed by atoms with Gasteiger partial charge in [0, 0.05) is 37.3 Å². The number of halogens is 1. The van der Waals surface area contributed by atoms with Crippen molar-refractivity contribution in [3.05, 3.63) is 46.2 Å². The molecule has 1 aliphatic heterocycles. The number of nitrogens with one attached hydrogen (secondary N) is 2. The molecule has 10 heteroatoms. The van der Waals surface area contributed by atoms with E-state index in [0.29, 0.717) is 55.1 Å². The average Bonchev–Trinajstić information content (AvgIpc) is 3.15. The quantitative estimate of drug-likeness (QED) is 0.648. The van der Waals surface area contributed by atoms with Crippen molar-refractivity contribution in [2.24, 2.45) is 13.0 Å². The maximum Gasteiger partial charge on any atom is 0.255 e. The number of hydrogen-bond donors (Lipinski definition) is 2. The van der Waals surface area contributed by atoms with Gasteiger partial charge in [-0.2, -0.15) is 5.10 Å². The van der Waals surface area contributed by atoms with Gasteiger partial charge >= 0.3 is 0 Å². The predicted molar refractivity (Wildman–Crippen MR) is 138 cm³/mol. The minimum Gasteiger partial charge on any atom is -0.491 e. The highest BCUT2D eigenvalue weighted by molar-refractivity contribution is 6.31. The van der Waals surface area contributed by atoms with Crippen LogP contribution in [-0.4, -0.2) is 64.7 Å². The van der Waals surface area contributed by atoms with Crippen molar-refractivity contribution >= 4 is 29.3 Å². The lowest BCUT2D eigenvalue weighted by atomic mass is 10.1. The van der Waals surface area contributed by atoms with Gasteiger partial charge in [-0.25, -0.2) is 0 Å². The molecule has 1 aromatic heterocycles. The van der Waals surface area contributed by atoms with Gasteiger partial charge in [-0.3, -0.25) is 19.1 Å². The Morgan fingerprint density at radius 2 is 2.06 bits per heavy atom. The van der Waals surface area contributed by atoms with Crippen molar-refractivity contribution < 1.29 is 19.1 Å². The fourth-order valence-electron chi connectivity index (χ4n) is 4.02. The van der Waals surface area contributed by atoms with E-state index < -0.39 is 0 Å². The van der Waals surface area contributed by atoms with Crippen molar-refractivity contribution in [1.82, 2.24) is 25.3 Å². The first-order chi connectivity index (χ1) is 17.2. The first-order valence-corrected chi connectivity index (χ1v) is 12.8. The molecule has 0 aliphatic carbocycles. The smallest absolute Gasteiger partial charge is 0.255 e. The number of carbonyl (C=O) groups excluding carboxylic acids is 3. The van der Waals surface area contributed by atoms with Gasteiger partial charge < -0.3 is 20.3 Å². The van der Waals surface area contributed by atoms with E-state index in [1.807, 2.05) is 27.8 Å². The number of aromatic nitrogens is 2. The van der Waals surface area contributed by atoms with Gasteiger partial charge in [0.25, 0.3) is 5.91 Å².